The van der Waals surface area contributed by atoms with Crippen LogP contribution < -0.4 is 4.72 Å². The SMILES string of the molecule is CCn1cc(S(=O)(=O)NC(CC(=O)O)C(C)(C)C)nc1C. The lowest BCUT2D eigenvalue weighted by Gasteiger charge is -2.29. The lowest BCUT2D eigenvalue weighted by atomic mass is 9.85. The first kappa shape index (κ1) is 17.6. The van der Waals surface area contributed by atoms with Crippen molar-refractivity contribution < 1.29 is 18.3 Å². The molecule has 21 heavy (non-hydrogen) atoms. The molecule has 0 saturated carbocycles. The smallest absolute Gasteiger partial charge is 0.304 e. The summed E-state index contributed by atoms with van der Waals surface area (Å²) in [7, 11) is -3.85. The Morgan fingerprint density at radius 3 is 2.43 bits per heavy atom. The van der Waals surface area contributed by atoms with Gasteiger partial charge in [-0.05, 0) is 19.3 Å². The van der Waals surface area contributed by atoms with Gasteiger partial charge in [0.15, 0.2) is 5.03 Å². The molecule has 1 aromatic rings. The quantitative estimate of drug-likeness (QED) is 0.825. The summed E-state index contributed by atoms with van der Waals surface area (Å²) in [5.74, 6) is -0.448. The molecule has 1 atom stereocenters. The third-order valence-electron chi connectivity index (χ3n) is 3.29. The zero-order valence-corrected chi connectivity index (χ0v) is 13.9. The van der Waals surface area contributed by atoms with E-state index in [4.69, 9.17) is 5.11 Å². The number of nitrogens with one attached hydrogen (secondary N) is 1. The largest absolute Gasteiger partial charge is 0.481 e. The number of aromatic nitrogens is 2. The molecule has 0 aliphatic carbocycles. The summed E-state index contributed by atoms with van der Waals surface area (Å²) in [4.78, 5) is 15.0. The molecule has 0 spiro atoms. The zero-order valence-electron chi connectivity index (χ0n) is 13.0. The van der Waals surface area contributed by atoms with E-state index in [9.17, 15) is 13.2 Å². The van der Waals surface area contributed by atoms with Gasteiger partial charge in [0, 0.05) is 18.8 Å². The van der Waals surface area contributed by atoms with Crippen LogP contribution in [0.3, 0.4) is 0 Å². The van der Waals surface area contributed by atoms with E-state index in [1.54, 1.807) is 32.3 Å². The summed E-state index contributed by atoms with van der Waals surface area (Å²) in [6.07, 6.45) is 1.17. The van der Waals surface area contributed by atoms with E-state index in [0.29, 0.717) is 12.4 Å². The summed E-state index contributed by atoms with van der Waals surface area (Å²) in [5, 5.41) is 8.86. The Balaban J connectivity index is 3.08. The predicted molar refractivity (Wildman–Crippen MR) is 78.5 cm³/mol. The standard InChI is InChI=1S/C13H23N3O4S/c1-6-16-8-11(14-9(16)2)21(19,20)15-10(7-12(17)18)13(3,4)5/h8,10,15H,6-7H2,1-5H3,(H,17,18). The van der Waals surface area contributed by atoms with Crippen LogP contribution in [0.2, 0.25) is 0 Å². The highest BCUT2D eigenvalue weighted by Gasteiger charge is 2.32. The number of aryl methyl sites for hydroxylation is 2. The Kier molecular flexibility index (Phi) is 5.16. The van der Waals surface area contributed by atoms with Crippen molar-refractivity contribution in [3.63, 3.8) is 0 Å². The van der Waals surface area contributed by atoms with Crippen molar-refractivity contribution in [2.45, 2.75) is 58.7 Å². The number of sulfonamides is 1. The van der Waals surface area contributed by atoms with E-state index in [1.165, 1.54) is 6.20 Å². The lowest BCUT2D eigenvalue weighted by Crippen LogP contribution is -2.45. The first-order valence-electron chi connectivity index (χ1n) is 6.75. The Labute approximate surface area is 125 Å². The number of rotatable bonds is 6. The van der Waals surface area contributed by atoms with Gasteiger partial charge in [0.2, 0.25) is 0 Å². The third kappa shape index (κ3) is 4.53. The number of hydrogen-bond donors (Lipinski definition) is 2. The second-order valence-corrected chi connectivity index (χ2v) is 7.71. The summed E-state index contributed by atoms with van der Waals surface area (Å²) >= 11 is 0. The van der Waals surface area contributed by atoms with E-state index in [1.807, 2.05) is 6.92 Å². The van der Waals surface area contributed by atoms with Crippen molar-refractivity contribution in [2.75, 3.05) is 0 Å². The van der Waals surface area contributed by atoms with E-state index in [2.05, 4.69) is 9.71 Å². The first-order valence-corrected chi connectivity index (χ1v) is 8.23. The van der Waals surface area contributed by atoms with Gasteiger partial charge >= 0.3 is 5.97 Å². The molecular formula is C13H23N3O4S. The molecule has 1 rings (SSSR count). The zero-order chi connectivity index (χ0) is 16.4. The fraction of sp³-hybridized carbons (Fsp3) is 0.692. The molecule has 0 aromatic carbocycles. The van der Waals surface area contributed by atoms with Crippen LogP contribution in [0.15, 0.2) is 11.2 Å². The fourth-order valence-corrected chi connectivity index (χ4v) is 3.33. The van der Waals surface area contributed by atoms with Gasteiger partial charge < -0.3 is 9.67 Å². The highest BCUT2D eigenvalue weighted by molar-refractivity contribution is 7.89. The summed E-state index contributed by atoms with van der Waals surface area (Å²) < 4.78 is 28.9. The molecular weight excluding hydrogens is 294 g/mol. The maximum absolute atomic E-state index is 12.4. The van der Waals surface area contributed by atoms with Crippen molar-refractivity contribution in [3.05, 3.63) is 12.0 Å². The van der Waals surface area contributed by atoms with Gasteiger partial charge in [-0.15, -0.1) is 0 Å². The molecule has 0 amide bonds. The van der Waals surface area contributed by atoms with E-state index in [-0.39, 0.29) is 11.4 Å². The normalized spacial score (nSPS) is 14.1. The molecule has 0 bridgehead atoms. The van der Waals surface area contributed by atoms with Crippen molar-refractivity contribution >= 4 is 16.0 Å². The maximum Gasteiger partial charge on any atom is 0.304 e. The minimum atomic E-state index is -3.85. The van der Waals surface area contributed by atoms with Crippen LogP contribution in [-0.4, -0.2) is 35.1 Å². The van der Waals surface area contributed by atoms with Gasteiger partial charge in [-0.2, -0.15) is 0 Å². The molecule has 120 valence electrons. The Bertz CT molecular complexity index is 614. The van der Waals surface area contributed by atoms with Crippen LogP contribution in [0, 0.1) is 12.3 Å². The van der Waals surface area contributed by atoms with Gasteiger partial charge in [0.05, 0.1) is 6.42 Å². The van der Waals surface area contributed by atoms with Gasteiger partial charge in [-0.3, -0.25) is 4.79 Å². The molecule has 8 heteroatoms. The molecule has 1 aromatic heterocycles. The summed E-state index contributed by atoms with van der Waals surface area (Å²) in [5.41, 5.74) is -0.520. The van der Waals surface area contributed by atoms with Crippen LogP contribution in [0.5, 0.6) is 0 Å². The lowest BCUT2D eigenvalue weighted by molar-refractivity contribution is -0.138. The average molecular weight is 317 g/mol. The fourth-order valence-electron chi connectivity index (χ4n) is 1.88. The number of carboxylic acids is 1. The molecule has 0 aliphatic heterocycles. The highest BCUT2D eigenvalue weighted by Crippen LogP contribution is 2.24. The predicted octanol–water partition coefficient (Wildman–Crippen LogP) is 1.38. The number of aliphatic carboxylic acids is 1. The Morgan fingerprint density at radius 2 is 2.05 bits per heavy atom. The van der Waals surface area contributed by atoms with Crippen LogP contribution in [0.1, 0.15) is 39.9 Å². The second-order valence-electron chi connectivity index (χ2n) is 6.05. The monoisotopic (exact) mass is 317 g/mol. The first-order chi connectivity index (χ1) is 9.47. The number of carboxylic acid groups (broad SMARTS) is 1. The van der Waals surface area contributed by atoms with Crippen molar-refractivity contribution in [1.29, 1.82) is 0 Å². The molecule has 0 radical (unpaired) electrons. The van der Waals surface area contributed by atoms with Crippen molar-refractivity contribution in [2.24, 2.45) is 5.41 Å². The molecule has 0 saturated heterocycles. The van der Waals surface area contributed by atoms with Gasteiger partial charge in [-0.1, -0.05) is 20.8 Å². The topological polar surface area (TPSA) is 101 Å². The molecule has 0 aliphatic rings. The molecule has 7 nitrogen and oxygen atoms in total. The number of nitrogens with zero attached hydrogens (tertiary/aromatic N) is 2. The van der Waals surface area contributed by atoms with E-state index in [0.717, 1.165) is 0 Å². The Morgan fingerprint density at radius 1 is 1.48 bits per heavy atom. The number of imidazole rings is 1. The third-order valence-corrected chi connectivity index (χ3v) is 4.63. The van der Waals surface area contributed by atoms with Crippen LogP contribution in [-0.2, 0) is 21.4 Å². The van der Waals surface area contributed by atoms with E-state index >= 15 is 0 Å². The average Bonchev–Trinajstić information content (AvgIpc) is 2.68. The molecule has 1 unspecified atom stereocenters. The number of hydrogen-bond acceptors (Lipinski definition) is 4. The second kappa shape index (κ2) is 6.15. The molecule has 2 N–H and O–H groups in total. The summed E-state index contributed by atoms with van der Waals surface area (Å²) in [6, 6.07) is -0.716. The van der Waals surface area contributed by atoms with Gasteiger partial charge in [0.1, 0.15) is 5.82 Å². The van der Waals surface area contributed by atoms with Crippen LogP contribution in [0.25, 0.3) is 0 Å². The van der Waals surface area contributed by atoms with Crippen molar-refractivity contribution in [1.82, 2.24) is 14.3 Å². The highest BCUT2D eigenvalue weighted by atomic mass is 32.2. The Hall–Kier alpha value is -1.41. The summed E-state index contributed by atoms with van der Waals surface area (Å²) in [6.45, 7) is 9.60. The number of carbonyl (C=O) groups is 1. The van der Waals surface area contributed by atoms with Gasteiger partial charge in [-0.25, -0.2) is 18.1 Å². The van der Waals surface area contributed by atoms with Crippen molar-refractivity contribution in [3.8, 4) is 0 Å². The molecule has 1 heterocycles. The van der Waals surface area contributed by atoms with Gasteiger partial charge in [0.25, 0.3) is 10.0 Å². The van der Waals surface area contributed by atoms with Crippen LogP contribution in [0.4, 0.5) is 0 Å². The van der Waals surface area contributed by atoms with Crippen LogP contribution >= 0.6 is 0 Å². The van der Waals surface area contributed by atoms with E-state index < -0.39 is 27.4 Å². The minimum absolute atomic E-state index is 0.0820. The maximum atomic E-state index is 12.4. The molecule has 0 fully saturated rings. The minimum Gasteiger partial charge on any atom is -0.481 e.